The van der Waals surface area contributed by atoms with Gasteiger partial charge in [-0.2, -0.15) is 0 Å². The molecule has 0 spiro atoms. The van der Waals surface area contributed by atoms with Gasteiger partial charge in [-0.05, 0) is 31.2 Å². The number of rotatable bonds is 3. The Bertz CT molecular complexity index is 668. The van der Waals surface area contributed by atoms with E-state index in [1.165, 1.54) is 35.0 Å². The molecule has 3 rings (SSSR count). The Morgan fingerprint density at radius 2 is 2.20 bits per heavy atom. The molecule has 0 aliphatic heterocycles. The van der Waals surface area contributed by atoms with E-state index in [4.69, 9.17) is 5.73 Å². The highest BCUT2D eigenvalue weighted by Crippen LogP contribution is 2.38. The first-order chi connectivity index (χ1) is 9.69. The highest BCUT2D eigenvalue weighted by atomic mass is 32.2. The molecule has 3 N–H and O–H groups in total. The third-order valence-corrected chi connectivity index (χ3v) is 5.47. The molecule has 0 saturated heterocycles. The smallest absolute Gasteiger partial charge is 0.230 e. The third kappa shape index (κ3) is 2.47. The zero-order chi connectivity index (χ0) is 14.1. The minimum Gasteiger partial charge on any atom is -0.383 e. The molecule has 2 aromatic heterocycles. The van der Waals surface area contributed by atoms with Crippen LogP contribution in [0.25, 0.3) is 10.2 Å². The van der Waals surface area contributed by atoms with Gasteiger partial charge in [-0.25, -0.2) is 9.97 Å². The number of nitrogens with one attached hydrogen (secondary N) is 1. The van der Waals surface area contributed by atoms with Crippen LogP contribution >= 0.6 is 23.1 Å². The molecule has 0 unspecified atom stereocenters. The molecule has 0 radical (unpaired) electrons. The van der Waals surface area contributed by atoms with E-state index in [0.717, 1.165) is 23.1 Å². The minimum atomic E-state index is -0.0391. The van der Waals surface area contributed by atoms with Gasteiger partial charge in [0, 0.05) is 11.9 Å². The molecule has 2 heterocycles. The predicted molar refractivity (Wildman–Crippen MR) is 83.3 cm³/mol. The number of aromatic nitrogens is 2. The molecule has 20 heavy (non-hydrogen) atoms. The van der Waals surface area contributed by atoms with E-state index in [1.54, 1.807) is 18.4 Å². The van der Waals surface area contributed by atoms with Crippen molar-refractivity contribution in [2.45, 2.75) is 30.8 Å². The number of aryl methyl sites for hydroxylation is 2. The van der Waals surface area contributed by atoms with Crippen molar-refractivity contribution in [3.8, 4) is 0 Å². The zero-order valence-corrected chi connectivity index (χ0v) is 12.9. The van der Waals surface area contributed by atoms with Gasteiger partial charge < -0.3 is 11.1 Å². The molecule has 106 valence electrons. The lowest BCUT2D eigenvalue weighted by Gasteiger charge is -2.10. The first-order valence-electron chi connectivity index (χ1n) is 6.60. The van der Waals surface area contributed by atoms with Crippen LogP contribution in [0.2, 0.25) is 0 Å². The van der Waals surface area contributed by atoms with Gasteiger partial charge in [-0.15, -0.1) is 11.3 Å². The normalized spacial score (nSPS) is 14.2. The maximum absolute atomic E-state index is 11.3. The summed E-state index contributed by atoms with van der Waals surface area (Å²) in [7, 11) is 1.62. The van der Waals surface area contributed by atoms with Crippen molar-refractivity contribution in [2.24, 2.45) is 0 Å². The lowest BCUT2D eigenvalue weighted by Crippen LogP contribution is -2.19. The first kappa shape index (κ1) is 13.6. The number of carbonyl (C=O) groups excluding carboxylic acids is 1. The predicted octanol–water partition coefficient (Wildman–Crippen LogP) is 1.99. The van der Waals surface area contributed by atoms with Crippen LogP contribution in [0.4, 0.5) is 5.82 Å². The van der Waals surface area contributed by atoms with Gasteiger partial charge in [0.05, 0.1) is 11.1 Å². The van der Waals surface area contributed by atoms with Crippen LogP contribution < -0.4 is 11.1 Å². The van der Waals surface area contributed by atoms with E-state index in [0.29, 0.717) is 16.7 Å². The molecule has 1 amide bonds. The molecule has 0 fully saturated rings. The van der Waals surface area contributed by atoms with Crippen LogP contribution in [0.15, 0.2) is 5.16 Å². The summed E-state index contributed by atoms with van der Waals surface area (Å²) in [5, 5.41) is 4.20. The van der Waals surface area contributed by atoms with E-state index in [2.05, 4.69) is 15.3 Å². The van der Waals surface area contributed by atoms with Gasteiger partial charge in [0.1, 0.15) is 10.6 Å². The van der Waals surface area contributed by atoms with Crippen LogP contribution in [-0.2, 0) is 17.6 Å². The highest BCUT2D eigenvalue weighted by Gasteiger charge is 2.20. The van der Waals surface area contributed by atoms with Crippen LogP contribution in [0.1, 0.15) is 23.3 Å². The number of thioether (sulfide) groups is 1. The number of carbonyl (C=O) groups is 1. The SMILES string of the molecule is CNC(=O)CSc1nc(N)c2c3c(sc2n1)CCCC3. The Hall–Kier alpha value is -1.34. The van der Waals surface area contributed by atoms with Crippen molar-refractivity contribution >= 4 is 45.0 Å². The number of nitrogens with two attached hydrogens (primary N) is 1. The van der Waals surface area contributed by atoms with Crippen LogP contribution in [0.5, 0.6) is 0 Å². The minimum absolute atomic E-state index is 0.0391. The van der Waals surface area contributed by atoms with E-state index in [1.807, 2.05) is 0 Å². The van der Waals surface area contributed by atoms with Crippen molar-refractivity contribution < 1.29 is 4.79 Å². The summed E-state index contributed by atoms with van der Waals surface area (Å²) in [4.78, 5) is 22.5. The fourth-order valence-corrected chi connectivity index (χ4v) is 4.48. The zero-order valence-electron chi connectivity index (χ0n) is 11.2. The number of thiophene rings is 1. The Morgan fingerprint density at radius 3 is 3.00 bits per heavy atom. The Labute approximate surface area is 125 Å². The van der Waals surface area contributed by atoms with Gasteiger partial charge >= 0.3 is 0 Å². The number of nitrogens with zero attached hydrogens (tertiary/aromatic N) is 2. The van der Waals surface area contributed by atoms with Crippen molar-refractivity contribution in [3.63, 3.8) is 0 Å². The van der Waals surface area contributed by atoms with Gasteiger partial charge in [-0.3, -0.25) is 4.79 Å². The number of hydrogen-bond donors (Lipinski definition) is 2. The maximum Gasteiger partial charge on any atom is 0.230 e. The molecule has 7 heteroatoms. The Morgan fingerprint density at radius 1 is 1.40 bits per heavy atom. The van der Waals surface area contributed by atoms with Gasteiger partial charge in [0.15, 0.2) is 5.16 Å². The molecule has 0 aromatic carbocycles. The van der Waals surface area contributed by atoms with Crippen molar-refractivity contribution in [1.82, 2.24) is 15.3 Å². The Kier molecular flexibility index (Phi) is 3.80. The van der Waals surface area contributed by atoms with E-state index in [-0.39, 0.29) is 5.91 Å². The van der Waals surface area contributed by atoms with E-state index in [9.17, 15) is 4.79 Å². The quantitative estimate of drug-likeness (QED) is 0.669. The van der Waals surface area contributed by atoms with Crippen LogP contribution in [0.3, 0.4) is 0 Å². The number of amides is 1. The number of fused-ring (bicyclic) bond motifs is 3. The van der Waals surface area contributed by atoms with Crippen LogP contribution in [-0.4, -0.2) is 28.7 Å². The summed E-state index contributed by atoms with van der Waals surface area (Å²) in [5.74, 6) is 0.823. The molecule has 0 atom stereocenters. The molecule has 0 saturated carbocycles. The third-order valence-electron chi connectivity index (χ3n) is 3.43. The molecular formula is C13H16N4OS2. The lowest BCUT2D eigenvalue weighted by atomic mass is 9.97. The number of nitrogen functional groups attached to an aromatic ring is 1. The summed E-state index contributed by atoms with van der Waals surface area (Å²) < 4.78 is 0. The molecular weight excluding hydrogens is 292 g/mol. The molecule has 5 nitrogen and oxygen atoms in total. The highest BCUT2D eigenvalue weighted by molar-refractivity contribution is 7.99. The summed E-state index contributed by atoms with van der Waals surface area (Å²) in [5.41, 5.74) is 7.45. The van der Waals surface area contributed by atoms with Gasteiger partial charge in [-0.1, -0.05) is 11.8 Å². The molecule has 1 aliphatic rings. The molecule has 2 aromatic rings. The van der Waals surface area contributed by atoms with Crippen LogP contribution in [0, 0.1) is 0 Å². The second-order valence-corrected chi connectivity index (χ2v) is 6.77. The summed E-state index contributed by atoms with van der Waals surface area (Å²) in [6.45, 7) is 0. The summed E-state index contributed by atoms with van der Waals surface area (Å²) in [6.07, 6.45) is 4.65. The Balaban J connectivity index is 1.95. The number of hydrogen-bond acceptors (Lipinski definition) is 6. The van der Waals surface area contributed by atoms with Crippen molar-refractivity contribution in [2.75, 3.05) is 18.5 Å². The standard InChI is InChI=1S/C13H16N4OS2/c1-15-9(18)6-19-13-16-11(14)10-7-4-2-3-5-8(7)20-12(10)17-13/h2-6H2,1H3,(H,15,18)(H2,14,16,17). The number of anilines is 1. The first-order valence-corrected chi connectivity index (χ1v) is 8.40. The molecule has 0 bridgehead atoms. The average Bonchev–Trinajstić information content (AvgIpc) is 2.83. The van der Waals surface area contributed by atoms with E-state index >= 15 is 0 Å². The fraction of sp³-hybridized carbons (Fsp3) is 0.462. The topological polar surface area (TPSA) is 80.9 Å². The van der Waals surface area contributed by atoms with E-state index < -0.39 is 0 Å². The fourth-order valence-electron chi connectivity index (χ4n) is 2.43. The monoisotopic (exact) mass is 308 g/mol. The second kappa shape index (κ2) is 5.57. The largest absolute Gasteiger partial charge is 0.383 e. The maximum atomic E-state index is 11.3. The summed E-state index contributed by atoms with van der Waals surface area (Å²) >= 11 is 3.04. The molecule has 1 aliphatic carbocycles. The average molecular weight is 308 g/mol. The van der Waals surface area contributed by atoms with Crippen molar-refractivity contribution in [1.29, 1.82) is 0 Å². The lowest BCUT2D eigenvalue weighted by molar-refractivity contribution is -0.118. The van der Waals surface area contributed by atoms with Gasteiger partial charge in [0.2, 0.25) is 5.91 Å². The summed E-state index contributed by atoms with van der Waals surface area (Å²) in [6, 6.07) is 0. The second-order valence-electron chi connectivity index (χ2n) is 4.74. The van der Waals surface area contributed by atoms with Crippen molar-refractivity contribution in [3.05, 3.63) is 10.4 Å². The van der Waals surface area contributed by atoms with Gasteiger partial charge in [0.25, 0.3) is 0 Å².